The van der Waals surface area contributed by atoms with E-state index >= 15 is 0 Å². The fourth-order valence-electron chi connectivity index (χ4n) is 2.23. The molecule has 112 valence electrons. The maximum absolute atomic E-state index is 12.4. The number of hydrogen-bond acceptors (Lipinski definition) is 4. The zero-order chi connectivity index (χ0) is 15.6. The SMILES string of the molecule is Cc1cc(-n2cncn2)ccc1C(=O)N(C)CC(C)(C)O. The molecule has 6 nitrogen and oxygen atoms in total. The highest BCUT2D eigenvalue weighted by Gasteiger charge is 2.21. The number of aromatic nitrogens is 3. The maximum atomic E-state index is 12.4. The molecule has 0 atom stereocenters. The smallest absolute Gasteiger partial charge is 0.253 e. The van der Waals surface area contributed by atoms with Gasteiger partial charge in [0.25, 0.3) is 5.91 Å². The average Bonchev–Trinajstić information content (AvgIpc) is 2.89. The van der Waals surface area contributed by atoms with Crippen molar-refractivity contribution in [2.75, 3.05) is 13.6 Å². The molecule has 1 heterocycles. The monoisotopic (exact) mass is 288 g/mol. The third-order valence-corrected chi connectivity index (χ3v) is 3.09. The summed E-state index contributed by atoms with van der Waals surface area (Å²) >= 11 is 0. The summed E-state index contributed by atoms with van der Waals surface area (Å²) in [5.41, 5.74) is 1.41. The molecule has 0 spiro atoms. The summed E-state index contributed by atoms with van der Waals surface area (Å²) in [6, 6.07) is 5.49. The molecule has 0 saturated carbocycles. The Kier molecular flexibility index (Phi) is 4.09. The molecular weight excluding hydrogens is 268 g/mol. The molecule has 0 radical (unpaired) electrons. The number of likely N-dealkylation sites (N-methyl/N-ethyl adjacent to an activating group) is 1. The van der Waals surface area contributed by atoms with E-state index in [-0.39, 0.29) is 12.5 Å². The topological polar surface area (TPSA) is 71.2 Å². The molecule has 0 aliphatic heterocycles. The Hall–Kier alpha value is -2.21. The van der Waals surface area contributed by atoms with Crippen molar-refractivity contribution in [1.82, 2.24) is 19.7 Å². The number of nitrogens with zero attached hydrogens (tertiary/aromatic N) is 4. The largest absolute Gasteiger partial charge is 0.389 e. The molecule has 21 heavy (non-hydrogen) atoms. The lowest BCUT2D eigenvalue weighted by molar-refractivity contribution is 0.0367. The standard InChI is InChI=1S/C15H20N4O2/c1-11-7-12(19-10-16-9-17-19)5-6-13(11)14(20)18(4)8-15(2,3)21/h5-7,9-10,21H,8H2,1-4H3. The van der Waals surface area contributed by atoms with E-state index in [4.69, 9.17) is 0 Å². The van der Waals surface area contributed by atoms with Gasteiger partial charge in [-0.2, -0.15) is 5.10 Å². The average molecular weight is 288 g/mol. The van der Waals surface area contributed by atoms with Gasteiger partial charge in [0.05, 0.1) is 11.3 Å². The van der Waals surface area contributed by atoms with Crippen molar-refractivity contribution in [3.8, 4) is 5.69 Å². The number of hydrogen-bond donors (Lipinski definition) is 1. The second kappa shape index (κ2) is 5.65. The van der Waals surface area contributed by atoms with Crippen LogP contribution in [-0.4, -0.2) is 49.9 Å². The van der Waals surface area contributed by atoms with Gasteiger partial charge < -0.3 is 10.0 Å². The molecule has 1 aromatic heterocycles. The van der Waals surface area contributed by atoms with Gasteiger partial charge in [-0.25, -0.2) is 9.67 Å². The van der Waals surface area contributed by atoms with Gasteiger partial charge >= 0.3 is 0 Å². The highest BCUT2D eigenvalue weighted by atomic mass is 16.3. The van der Waals surface area contributed by atoms with E-state index in [1.165, 1.54) is 11.2 Å². The summed E-state index contributed by atoms with van der Waals surface area (Å²) in [5.74, 6) is -0.111. The van der Waals surface area contributed by atoms with E-state index < -0.39 is 5.60 Å². The molecule has 1 N–H and O–H groups in total. The summed E-state index contributed by atoms with van der Waals surface area (Å²) in [5, 5.41) is 13.9. The van der Waals surface area contributed by atoms with Gasteiger partial charge in [0.2, 0.25) is 0 Å². The minimum atomic E-state index is -0.918. The first-order valence-corrected chi connectivity index (χ1v) is 6.71. The molecule has 0 saturated heterocycles. The van der Waals surface area contributed by atoms with Gasteiger partial charge in [-0.15, -0.1) is 0 Å². The summed E-state index contributed by atoms with van der Waals surface area (Å²) in [6.45, 7) is 5.51. The van der Waals surface area contributed by atoms with Gasteiger partial charge in [0.15, 0.2) is 0 Å². The number of aryl methyl sites for hydroxylation is 1. The molecule has 0 bridgehead atoms. The van der Waals surface area contributed by atoms with Crippen molar-refractivity contribution in [1.29, 1.82) is 0 Å². The Labute approximate surface area is 124 Å². The Balaban J connectivity index is 2.23. The lowest BCUT2D eigenvalue weighted by Crippen LogP contribution is -2.39. The minimum absolute atomic E-state index is 0.111. The Bertz CT molecular complexity index is 630. The van der Waals surface area contributed by atoms with Crippen molar-refractivity contribution in [3.63, 3.8) is 0 Å². The fourth-order valence-corrected chi connectivity index (χ4v) is 2.23. The molecular formula is C15H20N4O2. The summed E-state index contributed by atoms with van der Waals surface area (Å²) in [6.07, 6.45) is 3.07. The van der Waals surface area contributed by atoms with Crippen LogP contribution in [0.1, 0.15) is 29.8 Å². The van der Waals surface area contributed by atoms with Crippen molar-refractivity contribution in [3.05, 3.63) is 42.0 Å². The molecule has 2 aromatic rings. The van der Waals surface area contributed by atoms with E-state index in [0.29, 0.717) is 5.56 Å². The predicted molar refractivity (Wildman–Crippen MR) is 79.4 cm³/mol. The summed E-state index contributed by atoms with van der Waals surface area (Å²) in [4.78, 5) is 17.8. The maximum Gasteiger partial charge on any atom is 0.253 e. The van der Waals surface area contributed by atoms with Gasteiger partial charge in [0, 0.05) is 19.2 Å². The number of carbonyl (C=O) groups is 1. The molecule has 2 rings (SSSR count). The van der Waals surface area contributed by atoms with E-state index in [9.17, 15) is 9.90 Å². The minimum Gasteiger partial charge on any atom is -0.389 e. The van der Waals surface area contributed by atoms with Gasteiger partial charge in [0.1, 0.15) is 12.7 Å². The van der Waals surface area contributed by atoms with E-state index in [2.05, 4.69) is 10.1 Å². The van der Waals surface area contributed by atoms with E-state index in [1.54, 1.807) is 38.0 Å². The van der Waals surface area contributed by atoms with Crippen LogP contribution in [-0.2, 0) is 0 Å². The van der Waals surface area contributed by atoms with Crippen LogP contribution in [0.15, 0.2) is 30.9 Å². The first kappa shape index (κ1) is 15.2. The lowest BCUT2D eigenvalue weighted by atomic mass is 10.1. The second-order valence-electron chi connectivity index (χ2n) is 5.81. The first-order valence-electron chi connectivity index (χ1n) is 6.71. The number of aliphatic hydroxyl groups is 1. The number of carbonyl (C=O) groups excluding carboxylic acids is 1. The molecule has 0 fully saturated rings. The number of amides is 1. The van der Waals surface area contributed by atoms with E-state index in [0.717, 1.165) is 11.3 Å². The fraction of sp³-hybridized carbons (Fsp3) is 0.400. The lowest BCUT2D eigenvalue weighted by Gasteiger charge is -2.26. The molecule has 6 heteroatoms. The number of rotatable bonds is 4. The second-order valence-corrected chi connectivity index (χ2v) is 5.81. The third-order valence-electron chi connectivity index (χ3n) is 3.09. The third kappa shape index (κ3) is 3.66. The molecule has 0 unspecified atom stereocenters. The van der Waals surface area contributed by atoms with Crippen LogP contribution in [0.2, 0.25) is 0 Å². The van der Waals surface area contributed by atoms with Crippen molar-refractivity contribution < 1.29 is 9.90 Å². The van der Waals surface area contributed by atoms with Crippen LogP contribution in [0, 0.1) is 6.92 Å². The van der Waals surface area contributed by atoms with Crippen molar-refractivity contribution >= 4 is 5.91 Å². The normalized spacial score (nSPS) is 11.5. The Morgan fingerprint density at radius 1 is 1.43 bits per heavy atom. The first-order chi connectivity index (χ1) is 9.78. The van der Waals surface area contributed by atoms with Crippen LogP contribution in [0.3, 0.4) is 0 Å². The Morgan fingerprint density at radius 3 is 2.67 bits per heavy atom. The molecule has 0 aliphatic rings. The highest BCUT2D eigenvalue weighted by molar-refractivity contribution is 5.95. The van der Waals surface area contributed by atoms with Gasteiger partial charge in [-0.1, -0.05) is 0 Å². The quantitative estimate of drug-likeness (QED) is 0.923. The molecule has 1 amide bonds. The van der Waals surface area contributed by atoms with Crippen LogP contribution in [0.5, 0.6) is 0 Å². The van der Waals surface area contributed by atoms with Crippen LogP contribution in [0.25, 0.3) is 5.69 Å². The molecule has 1 aromatic carbocycles. The summed E-state index contributed by atoms with van der Waals surface area (Å²) < 4.78 is 1.64. The van der Waals surface area contributed by atoms with Crippen LogP contribution in [0.4, 0.5) is 0 Å². The van der Waals surface area contributed by atoms with Crippen LogP contribution < -0.4 is 0 Å². The predicted octanol–water partition coefficient (Wildman–Crippen LogP) is 1.42. The Morgan fingerprint density at radius 2 is 2.14 bits per heavy atom. The summed E-state index contributed by atoms with van der Waals surface area (Å²) in [7, 11) is 1.69. The van der Waals surface area contributed by atoms with Crippen molar-refractivity contribution in [2.45, 2.75) is 26.4 Å². The molecule has 0 aliphatic carbocycles. The zero-order valence-corrected chi connectivity index (χ0v) is 12.7. The van der Waals surface area contributed by atoms with Crippen molar-refractivity contribution in [2.24, 2.45) is 0 Å². The van der Waals surface area contributed by atoms with Gasteiger partial charge in [-0.3, -0.25) is 4.79 Å². The zero-order valence-electron chi connectivity index (χ0n) is 12.7. The van der Waals surface area contributed by atoms with E-state index in [1.807, 2.05) is 19.1 Å². The van der Waals surface area contributed by atoms with Gasteiger partial charge in [-0.05, 0) is 44.5 Å². The number of benzene rings is 1. The highest BCUT2D eigenvalue weighted by Crippen LogP contribution is 2.16. The van der Waals surface area contributed by atoms with Crippen LogP contribution >= 0.6 is 0 Å².